The van der Waals surface area contributed by atoms with E-state index in [4.69, 9.17) is 9.84 Å². The summed E-state index contributed by atoms with van der Waals surface area (Å²) in [6.45, 7) is 0.129. The molecule has 2 aromatic carbocycles. The van der Waals surface area contributed by atoms with Gasteiger partial charge in [-0.1, -0.05) is 30.3 Å². The van der Waals surface area contributed by atoms with E-state index in [1.54, 1.807) is 6.07 Å². The molecular formula is C13H12O3. The lowest BCUT2D eigenvalue weighted by atomic mass is 10.0. The zero-order valence-corrected chi connectivity index (χ0v) is 8.72. The van der Waals surface area contributed by atoms with Gasteiger partial charge in [-0.2, -0.15) is 0 Å². The minimum Gasteiger partial charge on any atom is -0.490 e. The van der Waals surface area contributed by atoms with Gasteiger partial charge in [0, 0.05) is 0 Å². The molecule has 0 saturated heterocycles. The van der Waals surface area contributed by atoms with Crippen molar-refractivity contribution >= 4 is 17.1 Å². The van der Waals surface area contributed by atoms with E-state index < -0.39 is 0 Å². The number of ether oxygens (including phenoxy) is 1. The van der Waals surface area contributed by atoms with Gasteiger partial charge in [0.15, 0.2) is 6.29 Å². The molecule has 0 heterocycles. The average Bonchev–Trinajstić information content (AvgIpc) is 2.35. The first kappa shape index (κ1) is 10.6. The first-order valence-electron chi connectivity index (χ1n) is 5.07. The fourth-order valence-corrected chi connectivity index (χ4v) is 1.68. The van der Waals surface area contributed by atoms with E-state index in [2.05, 4.69) is 0 Å². The monoisotopic (exact) mass is 216 g/mol. The predicted molar refractivity (Wildman–Crippen MR) is 61.9 cm³/mol. The Kier molecular flexibility index (Phi) is 3.17. The van der Waals surface area contributed by atoms with Crippen LogP contribution in [0.15, 0.2) is 36.4 Å². The molecule has 2 rings (SSSR count). The van der Waals surface area contributed by atoms with Crippen molar-refractivity contribution < 1.29 is 14.6 Å². The van der Waals surface area contributed by atoms with Gasteiger partial charge in [-0.15, -0.1) is 0 Å². The van der Waals surface area contributed by atoms with Crippen LogP contribution in [0.3, 0.4) is 0 Å². The maximum Gasteiger partial charge on any atom is 0.154 e. The second kappa shape index (κ2) is 4.77. The van der Waals surface area contributed by atoms with Crippen molar-refractivity contribution in [3.05, 3.63) is 42.0 Å². The SMILES string of the molecule is O=Cc1c(OCCO)ccc2ccccc12. The molecule has 0 atom stereocenters. The van der Waals surface area contributed by atoms with E-state index in [0.29, 0.717) is 11.3 Å². The molecular weight excluding hydrogens is 204 g/mol. The van der Waals surface area contributed by atoms with Crippen LogP contribution in [-0.4, -0.2) is 24.6 Å². The van der Waals surface area contributed by atoms with Crippen molar-refractivity contribution in [1.82, 2.24) is 0 Å². The van der Waals surface area contributed by atoms with E-state index in [-0.39, 0.29) is 13.2 Å². The van der Waals surface area contributed by atoms with Crippen molar-refractivity contribution in [1.29, 1.82) is 0 Å². The van der Waals surface area contributed by atoms with Gasteiger partial charge >= 0.3 is 0 Å². The van der Waals surface area contributed by atoms with Crippen LogP contribution in [-0.2, 0) is 0 Å². The van der Waals surface area contributed by atoms with Crippen LogP contribution in [0.5, 0.6) is 5.75 Å². The van der Waals surface area contributed by atoms with Crippen LogP contribution in [0.25, 0.3) is 10.8 Å². The van der Waals surface area contributed by atoms with Crippen LogP contribution in [0.2, 0.25) is 0 Å². The van der Waals surface area contributed by atoms with Crippen molar-refractivity contribution in [2.24, 2.45) is 0 Å². The molecule has 0 radical (unpaired) electrons. The van der Waals surface area contributed by atoms with E-state index in [0.717, 1.165) is 17.1 Å². The van der Waals surface area contributed by atoms with Crippen molar-refractivity contribution in [2.75, 3.05) is 13.2 Å². The van der Waals surface area contributed by atoms with Crippen LogP contribution < -0.4 is 4.74 Å². The number of aliphatic hydroxyl groups excluding tert-OH is 1. The average molecular weight is 216 g/mol. The summed E-state index contributed by atoms with van der Waals surface area (Å²) in [4.78, 5) is 11.1. The minimum absolute atomic E-state index is 0.0644. The standard InChI is InChI=1S/C13H12O3/c14-7-8-16-13-6-5-10-3-1-2-4-11(10)12(13)9-15/h1-6,9,14H,7-8H2. The van der Waals surface area contributed by atoms with Gasteiger partial charge in [-0.3, -0.25) is 4.79 Å². The molecule has 3 heteroatoms. The summed E-state index contributed by atoms with van der Waals surface area (Å²) in [6, 6.07) is 11.3. The Morgan fingerprint density at radius 1 is 1.19 bits per heavy atom. The zero-order chi connectivity index (χ0) is 11.4. The summed E-state index contributed by atoms with van der Waals surface area (Å²) in [5, 5.41) is 10.6. The Morgan fingerprint density at radius 3 is 2.75 bits per heavy atom. The molecule has 0 bridgehead atoms. The fourth-order valence-electron chi connectivity index (χ4n) is 1.68. The van der Waals surface area contributed by atoms with Gasteiger partial charge in [0.2, 0.25) is 0 Å². The van der Waals surface area contributed by atoms with E-state index >= 15 is 0 Å². The number of hydrogen-bond acceptors (Lipinski definition) is 3. The second-order valence-corrected chi connectivity index (χ2v) is 3.39. The van der Waals surface area contributed by atoms with Gasteiger partial charge < -0.3 is 9.84 Å². The number of rotatable bonds is 4. The second-order valence-electron chi connectivity index (χ2n) is 3.39. The lowest BCUT2D eigenvalue weighted by Crippen LogP contribution is -2.03. The number of aldehydes is 1. The summed E-state index contributed by atoms with van der Waals surface area (Å²) < 4.78 is 5.30. The number of hydrogen-bond donors (Lipinski definition) is 1. The quantitative estimate of drug-likeness (QED) is 0.795. The third-order valence-corrected chi connectivity index (χ3v) is 2.40. The molecule has 2 aromatic rings. The number of carbonyl (C=O) groups excluding carboxylic acids is 1. The molecule has 82 valence electrons. The number of fused-ring (bicyclic) bond motifs is 1. The van der Waals surface area contributed by atoms with E-state index in [1.807, 2.05) is 30.3 Å². The topological polar surface area (TPSA) is 46.5 Å². The molecule has 0 saturated carbocycles. The van der Waals surface area contributed by atoms with Gasteiger partial charge in [0.1, 0.15) is 12.4 Å². The Balaban J connectivity index is 2.54. The molecule has 0 spiro atoms. The summed E-state index contributed by atoms with van der Waals surface area (Å²) in [5.74, 6) is 0.516. The molecule has 16 heavy (non-hydrogen) atoms. The van der Waals surface area contributed by atoms with Gasteiger partial charge in [-0.05, 0) is 16.8 Å². The third kappa shape index (κ3) is 1.90. The normalized spacial score (nSPS) is 10.3. The smallest absolute Gasteiger partial charge is 0.154 e. The minimum atomic E-state index is -0.0644. The van der Waals surface area contributed by atoms with Crippen LogP contribution in [0, 0.1) is 0 Å². The molecule has 0 aromatic heterocycles. The van der Waals surface area contributed by atoms with Crippen molar-refractivity contribution in [3.63, 3.8) is 0 Å². The maximum atomic E-state index is 11.1. The Hall–Kier alpha value is -1.87. The summed E-state index contributed by atoms with van der Waals surface area (Å²) in [7, 11) is 0. The van der Waals surface area contributed by atoms with Gasteiger partial charge in [-0.25, -0.2) is 0 Å². The molecule has 0 unspecified atom stereocenters. The lowest BCUT2D eigenvalue weighted by molar-refractivity contribution is 0.111. The zero-order valence-electron chi connectivity index (χ0n) is 8.72. The first-order chi connectivity index (χ1) is 7.86. The number of benzene rings is 2. The van der Waals surface area contributed by atoms with Crippen LogP contribution in [0.1, 0.15) is 10.4 Å². The van der Waals surface area contributed by atoms with E-state index in [1.165, 1.54) is 0 Å². The summed E-state index contributed by atoms with van der Waals surface area (Å²) in [6.07, 6.45) is 0.787. The molecule has 0 amide bonds. The maximum absolute atomic E-state index is 11.1. The first-order valence-corrected chi connectivity index (χ1v) is 5.07. The third-order valence-electron chi connectivity index (χ3n) is 2.40. The van der Waals surface area contributed by atoms with E-state index in [9.17, 15) is 4.79 Å². The Morgan fingerprint density at radius 2 is 2.00 bits per heavy atom. The van der Waals surface area contributed by atoms with Gasteiger partial charge in [0.25, 0.3) is 0 Å². The van der Waals surface area contributed by atoms with Crippen molar-refractivity contribution in [2.45, 2.75) is 0 Å². The highest BCUT2D eigenvalue weighted by atomic mass is 16.5. The predicted octanol–water partition coefficient (Wildman–Crippen LogP) is 2.02. The highest BCUT2D eigenvalue weighted by Crippen LogP contribution is 2.26. The lowest BCUT2D eigenvalue weighted by Gasteiger charge is -2.09. The van der Waals surface area contributed by atoms with Crippen LogP contribution in [0.4, 0.5) is 0 Å². The molecule has 0 aliphatic heterocycles. The molecule has 0 fully saturated rings. The molecule has 0 aliphatic rings. The Labute approximate surface area is 93.3 Å². The van der Waals surface area contributed by atoms with Crippen molar-refractivity contribution in [3.8, 4) is 5.75 Å². The fraction of sp³-hybridized carbons (Fsp3) is 0.154. The molecule has 1 N–H and O–H groups in total. The van der Waals surface area contributed by atoms with Crippen LogP contribution >= 0.6 is 0 Å². The Bertz CT molecular complexity index is 506. The molecule has 3 nitrogen and oxygen atoms in total. The molecule has 0 aliphatic carbocycles. The number of aliphatic hydroxyl groups is 1. The largest absolute Gasteiger partial charge is 0.490 e. The number of carbonyl (C=O) groups is 1. The highest BCUT2D eigenvalue weighted by molar-refractivity contribution is 6.00. The summed E-state index contributed by atoms with van der Waals surface area (Å²) in [5.41, 5.74) is 0.534. The highest BCUT2D eigenvalue weighted by Gasteiger charge is 2.07. The van der Waals surface area contributed by atoms with Gasteiger partial charge in [0.05, 0.1) is 12.2 Å². The summed E-state index contributed by atoms with van der Waals surface area (Å²) >= 11 is 0.